The summed E-state index contributed by atoms with van der Waals surface area (Å²) < 4.78 is 5.58. The fraction of sp³-hybridized carbons (Fsp3) is 0.136. The van der Waals surface area contributed by atoms with Crippen LogP contribution in [0, 0.1) is 13.8 Å². The van der Waals surface area contributed by atoms with E-state index in [9.17, 15) is 9.59 Å². The van der Waals surface area contributed by atoms with E-state index in [0.717, 1.165) is 11.1 Å². The second-order valence-corrected chi connectivity index (χ2v) is 6.10. The third-order valence-electron chi connectivity index (χ3n) is 4.25. The topological polar surface area (TPSA) is 56.3 Å². The minimum Gasteiger partial charge on any atom is -0.445 e. The van der Waals surface area contributed by atoms with Crippen molar-refractivity contribution in [2.24, 2.45) is 0 Å². The van der Waals surface area contributed by atoms with E-state index in [0.29, 0.717) is 16.7 Å². The highest BCUT2D eigenvalue weighted by molar-refractivity contribution is 6.02. The van der Waals surface area contributed by atoms with Gasteiger partial charge >= 0.3 is 5.97 Å². The van der Waals surface area contributed by atoms with Gasteiger partial charge in [-0.3, -0.25) is 9.78 Å². The Morgan fingerprint density at radius 1 is 0.885 bits per heavy atom. The van der Waals surface area contributed by atoms with Gasteiger partial charge in [-0.1, -0.05) is 42.5 Å². The van der Waals surface area contributed by atoms with Crippen LogP contribution in [0.4, 0.5) is 0 Å². The highest BCUT2D eigenvalue weighted by Crippen LogP contribution is 2.25. The highest BCUT2D eigenvalue weighted by atomic mass is 16.5. The van der Waals surface area contributed by atoms with Gasteiger partial charge in [0.05, 0.1) is 5.56 Å². The molecule has 130 valence electrons. The summed E-state index contributed by atoms with van der Waals surface area (Å²) in [6.45, 7) is 3.94. The summed E-state index contributed by atoms with van der Waals surface area (Å²) in [7, 11) is 0. The molecule has 0 amide bonds. The molecule has 1 atom stereocenters. The van der Waals surface area contributed by atoms with E-state index in [-0.39, 0.29) is 5.78 Å². The molecule has 4 nitrogen and oxygen atoms in total. The number of aromatic nitrogens is 1. The number of carbonyl (C=O) groups excluding carboxylic acids is 2. The van der Waals surface area contributed by atoms with E-state index >= 15 is 0 Å². The predicted molar refractivity (Wildman–Crippen MR) is 99.1 cm³/mol. The summed E-state index contributed by atoms with van der Waals surface area (Å²) in [4.78, 5) is 29.5. The number of hydrogen-bond acceptors (Lipinski definition) is 4. The molecule has 0 spiro atoms. The molecule has 0 bridgehead atoms. The molecule has 0 aliphatic carbocycles. The first-order valence-electron chi connectivity index (χ1n) is 8.33. The summed E-state index contributed by atoms with van der Waals surface area (Å²) in [5, 5.41) is 0. The molecule has 3 aromatic rings. The van der Waals surface area contributed by atoms with Crippen LogP contribution in [-0.2, 0) is 4.74 Å². The molecule has 0 radical (unpaired) electrons. The van der Waals surface area contributed by atoms with Crippen LogP contribution in [-0.4, -0.2) is 16.7 Å². The molecular formula is C22H19NO3. The number of nitrogens with zero attached hydrogens (tertiary/aromatic N) is 1. The Kier molecular flexibility index (Phi) is 5.23. The fourth-order valence-corrected chi connectivity index (χ4v) is 2.61. The molecule has 1 heterocycles. The minimum absolute atomic E-state index is 0.253. The Hall–Kier alpha value is -3.27. The number of carbonyl (C=O) groups is 2. The first-order chi connectivity index (χ1) is 12.6. The van der Waals surface area contributed by atoms with Gasteiger partial charge in [0.2, 0.25) is 5.78 Å². The highest BCUT2D eigenvalue weighted by Gasteiger charge is 2.27. The van der Waals surface area contributed by atoms with Crippen LogP contribution in [0.3, 0.4) is 0 Å². The Bertz CT molecular complexity index is 921. The average Bonchev–Trinajstić information content (AvgIpc) is 2.69. The quantitative estimate of drug-likeness (QED) is 0.505. The second kappa shape index (κ2) is 7.74. The van der Waals surface area contributed by atoms with Gasteiger partial charge in [0.15, 0.2) is 6.10 Å². The largest absolute Gasteiger partial charge is 0.445 e. The monoisotopic (exact) mass is 345 g/mol. The molecule has 26 heavy (non-hydrogen) atoms. The van der Waals surface area contributed by atoms with Crippen molar-refractivity contribution in [2.75, 3.05) is 0 Å². The van der Waals surface area contributed by atoms with E-state index in [2.05, 4.69) is 4.98 Å². The lowest BCUT2D eigenvalue weighted by Crippen LogP contribution is -2.20. The molecule has 0 saturated heterocycles. The number of pyridine rings is 1. The Morgan fingerprint density at radius 2 is 1.65 bits per heavy atom. The standard InChI is InChI=1S/C22H19NO3/c1-15-10-11-18(13-16(15)2)20(24)21(17-7-4-3-5-8-17)26-22(25)19-9-6-12-23-14-19/h3-14,21H,1-2H3. The lowest BCUT2D eigenvalue weighted by Gasteiger charge is -2.18. The summed E-state index contributed by atoms with van der Waals surface area (Å²) in [5.74, 6) is -0.833. The van der Waals surface area contributed by atoms with Gasteiger partial charge in [0, 0.05) is 23.5 Å². The normalized spacial score (nSPS) is 11.6. The maximum Gasteiger partial charge on any atom is 0.340 e. The lowest BCUT2D eigenvalue weighted by molar-refractivity contribution is 0.0279. The van der Waals surface area contributed by atoms with E-state index in [1.165, 1.54) is 6.20 Å². The van der Waals surface area contributed by atoms with Crippen molar-refractivity contribution in [1.82, 2.24) is 4.98 Å². The zero-order valence-electron chi connectivity index (χ0n) is 14.7. The number of benzene rings is 2. The van der Waals surface area contributed by atoms with Crippen molar-refractivity contribution in [3.63, 3.8) is 0 Å². The molecule has 0 aliphatic rings. The van der Waals surface area contributed by atoms with Gasteiger partial charge in [-0.05, 0) is 43.2 Å². The number of hydrogen-bond donors (Lipinski definition) is 0. The molecule has 0 aliphatic heterocycles. The van der Waals surface area contributed by atoms with Gasteiger partial charge in [0.1, 0.15) is 0 Å². The number of ether oxygens (including phenoxy) is 1. The first-order valence-corrected chi connectivity index (χ1v) is 8.33. The molecule has 2 aromatic carbocycles. The summed E-state index contributed by atoms with van der Waals surface area (Å²) in [6, 6.07) is 17.8. The van der Waals surface area contributed by atoms with Crippen molar-refractivity contribution in [2.45, 2.75) is 20.0 Å². The minimum atomic E-state index is -1.01. The van der Waals surface area contributed by atoms with E-state index in [1.807, 2.05) is 44.2 Å². The Labute approximate surface area is 152 Å². The van der Waals surface area contributed by atoms with Crippen molar-refractivity contribution in [1.29, 1.82) is 0 Å². The van der Waals surface area contributed by atoms with Crippen LogP contribution >= 0.6 is 0 Å². The third kappa shape index (κ3) is 3.86. The van der Waals surface area contributed by atoms with Crippen LogP contribution in [0.5, 0.6) is 0 Å². The Morgan fingerprint density at radius 3 is 2.31 bits per heavy atom. The third-order valence-corrected chi connectivity index (χ3v) is 4.25. The maximum absolute atomic E-state index is 13.1. The van der Waals surface area contributed by atoms with Crippen LogP contribution in [0.1, 0.15) is 43.5 Å². The van der Waals surface area contributed by atoms with E-state index < -0.39 is 12.1 Å². The maximum atomic E-state index is 13.1. The summed E-state index contributed by atoms with van der Waals surface area (Å²) in [6.07, 6.45) is 1.99. The van der Waals surface area contributed by atoms with Crippen molar-refractivity contribution in [3.8, 4) is 0 Å². The van der Waals surface area contributed by atoms with Crippen LogP contribution < -0.4 is 0 Å². The summed E-state index contributed by atoms with van der Waals surface area (Å²) >= 11 is 0. The second-order valence-electron chi connectivity index (χ2n) is 6.10. The molecule has 0 saturated carbocycles. The van der Waals surface area contributed by atoms with Gasteiger partial charge in [-0.25, -0.2) is 4.79 Å². The number of esters is 1. The molecule has 3 rings (SSSR count). The number of ketones is 1. The fourth-order valence-electron chi connectivity index (χ4n) is 2.61. The number of rotatable bonds is 5. The van der Waals surface area contributed by atoms with E-state index in [4.69, 9.17) is 4.74 Å². The molecule has 0 N–H and O–H groups in total. The zero-order chi connectivity index (χ0) is 18.5. The molecule has 0 fully saturated rings. The first kappa shape index (κ1) is 17.5. The van der Waals surface area contributed by atoms with Gasteiger partial charge in [-0.15, -0.1) is 0 Å². The van der Waals surface area contributed by atoms with Crippen LogP contribution in [0.25, 0.3) is 0 Å². The molecule has 1 unspecified atom stereocenters. The molecular weight excluding hydrogens is 326 g/mol. The predicted octanol–water partition coefficient (Wildman–Crippen LogP) is 4.48. The van der Waals surface area contributed by atoms with Gasteiger partial charge in [-0.2, -0.15) is 0 Å². The van der Waals surface area contributed by atoms with Crippen molar-refractivity contribution < 1.29 is 14.3 Å². The van der Waals surface area contributed by atoms with E-state index in [1.54, 1.807) is 36.5 Å². The van der Waals surface area contributed by atoms with Gasteiger partial charge < -0.3 is 4.74 Å². The molecule has 1 aromatic heterocycles. The Balaban J connectivity index is 1.94. The van der Waals surface area contributed by atoms with Crippen LogP contribution in [0.2, 0.25) is 0 Å². The van der Waals surface area contributed by atoms with Gasteiger partial charge in [0.25, 0.3) is 0 Å². The molecule has 4 heteroatoms. The number of Topliss-reactive ketones (excluding diaryl/α,β-unsaturated/α-hetero) is 1. The van der Waals surface area contributed by atoms with Crippen molar-refractivity contribution in [3.05, 3.63) is 101 Å². The number of aryl methyl sites for hydroxylation is 2. The smallest absolute Gasteiger partial charge is 0.340 e. The zero-order valence-corrected chi connectivity index (χ0v) is 14.7. The SMILES string of the molecule is Cc1ccc(C(=O)C(OC(=O)c2cccnc2)c2ccccc2)cc1C. The van der Waals surface area contributed by atoms with Crippen molar-refractivity contribution >= 4 is 11.8 Å². The average molecular weight is 345 g/mol. The van der Waals surface area contributed by atoms with Crippen LogP contribution in [0.15, 0.2) is 73.1 Å². The summed E-state index contributed by atoms with van der Waals surface area (Å²) in [5.41, 5.74) is 3.57. The lowest BCUT2D eigenvalue weighted by atomic mass is 9.97.